The Labute approximate surface area is 203 Å². The van der Waals surface area contributed by atoms with Crippen molar-refractivity contribution >= 4 is 27.5 Å². The summed E-state index contributed by atoms with van der Waals surface area (Å²) in [5.74, 6) is 0.706. The first-order valence-electron chi connectivity index (χ1n) is 11.8. The number of carbonyl (C=O) groups is 2. The van der Waals surface area contributed by atoms with E-state index in [2.05, 4.69) is 33.0 Å². The number of nitrogens with zero attached hydrogens (tertiary/aromatic N) is 1. The Balaban J connectivity index is 1.73. The molecular weight excluding hydrogens is 478 g/mol. The van der Waals surface area contributed by atoms with Gasteiger partial charge in [-0.05, 0) is 56.4 Å². The van der Waals surface area contributed by atoms with E-state index in [0.29, 0.717) is 26.0 Å². The van der Waals surface area contributed by atoms with Gasteiger partial charge in [-0.3, -0.25) is 9.59 Å². The number of hydrogen-bond donors (Lipinski definition) is 0. The van der Waals surface area contributed by atoms with Gasteiger partial charge < -0.3 is 9.64 Å². The molecule has 1 aliphatic heterocycles. The lowest BCUT2D eigenvalue weighted by atomic mass is 9.70. The number of hydrogen-bond acceptors (Lipinski definition) is 4. The van der Waals surface area contributed by atoms with Crippen molar-refractivity contribution in [2.75, 3.05) is 6.61 Å². The Morgan fingerprint density at radius 2 is 1.55 bits per heavy atom. The summed E-state index contributed by atoms with van der Waals surface area (Å²) in [7, 11) is 0. The zero-order valence-electron chi connectivity index (χ0n) is 18.9. The Morgan fingerprint density at radius 1 is 0.909 bits per heavy atom. The molecule has 0 spiro atoms. The molecule has 170 valence electrons. The van der Waals surface area contributed by atoms with Gasteiger partial charge in [0.05, 0.1) is 6.61 Å². The quantitative estimate of drug-likeness (QED) is 0.467. The number of Topliss-reactive ketones (excluding diaryl/α,β-unsaturated/α-hetero) is 2. The molecule has 0 amide bonds. The molecule has 5 heteroatoms. The molecule has 0 aromatic heterocycles. The maximum atomic E-state index is 13.5. The Morgan fingerprint density at radius 3 is 2.15 bits per heavy atom. The molecule has 2 aliphatic carbocycles. The number of ether oxygens (including phenoxy) is 1. The molecule has 0 saturated carbocycles. The van der Waals surface area contributed by atoms with Gasteiger partial charge in [-0.1, -0.05) is 46.3 Å². The molecule has 0 N–H and O–H groups in total. The highest BCUT2D eigenvalue weighted by atomic mass is 79.9. The van der Waals surface area contributed by atoms with E-state index < -0.39 is 0 Å². The standard InChI is InChI=1S/C28H28BrNO3/c1-2-33-25-15-14-19(29)16-20(25)26-27-21(10-6-12-23(27)31)30(17-18-8-4-3-5-9-18)22-11-7-13-24(32)28(22)26/h3-5,8-9,14-16,26H,2,6-7,10-13,17H2,1H3. The van der Waals surface area contributed by atoms with E-state index >= 15 is 0 Å². The van der Waals surface area contributed by atoms with Crippen molar-refractivity contribution in [3.05, 3.63) is 86.7 Å². The molecule has 0 fully saturated rings. The van der Waals surface area contributed by atoms with Gasteiger partial charge in [-0.15, -0.1) is 0 Å². The van der Waals surface area contributed by atoms with E-state index in [9.17, 15) is 9.59 Å². The summed E-state index contributed by atoms with van der Waals surface area (Å²) in [4.78, 5) is 29.2. The fraction of sp³-hybridized carbons (Fsp3) is 0.357. The third-order valence-corrected chi connectivity index (χ3v) is 7.35. The minimum atomic E-state index is -0.360. The van der Waals surface area contributed by atoms with Crippen molar-refractivity contribution in [3.8, 4) is 5.75 Å². The monoisotopic (exact) mass is 505 g/mol. The van der Waals surface area contributed by atoms with Gasteiger partial charge in [0.1, 0.15) is 5.75 Å². The first-order valence-corrected chi connectivity index (χ1v) is 12.6. The molecule has 0 saturated heterocycles. The average molecular weight is 506 g/mol. The summed E-state index contributed by atoms with van der Waals surface area (Å²) in [5, 5.41) is 0. The molecule has 0 atom stereocenters. The number of halogens is 1. The van der Waals surface area contributed by atoms with Crippen LogP contribution in [0.2, 0.25) is 0 Å². The van der Waals surface area contributed by atoms with Crippen LogP contribution in [-0.2, 0) is 16.1 Å². The fourth-order valence-electron chi connectivity index (χ4n) is 5.52. The molecule has 1 heterocycles. The lowest BCUT2D eigenvalue weighted by Gasteiger charge is -2.44. The van der Waals surface area contributed by atoms with Gasteiger partial charge in [-0.25, -0.2) is 0 Å². The van der Waals surface area contributed by atoms with Crippen molar-refractivity contribution in [1.29, 1.82) is 0 Å². The SMILES string of the molecule is CCOc1ccc(Br)cc1C1C2=C(CCCC2=O)N(Cc2ccccc2)C2=C1C(=O)CCC2. The summed E-state index contributed by atoms with van der Waals surface area (Å²) in [6.07, 6.45) is 4.47. The number of allylic oxidation sites excluding steroid dienone is 4. The first kappa shape index (κ1) is 22.1. The summed E-state index contributed by atoms with van der Waals surface area (Å²) in [5.41, 5.74) is 5.88. The molecule has 3 aliphatic rings. The molecule has 0 bridgehead atoms. The van der Waals surface area contributed by atoms with Crippen LogP contribution >= 0.6 is 15.9 Å². The molecule has 33 heavy (non-hydrogen) atoms. The molecule has 5 rings (SSSR count). The minimum Gasteiger partial charge on any atom is -0.494 e. The van der Waals surface area contributed by atoms with E-state index in [1.165, 1.54) is 5.56 Å². The second-order valence-electron chi connectivity index (χ2n) is 8.89. The van der Waals surface area contributed by atoms with Crippen molar-refractivity contribution in [2.24, 2.45) is 0 Å². The van der Waals surface area contributed by atoms with Gasteiger partial charge in [-0.2, -0.15) is 0 Å². The van der Waals surface area contributed by atoms with E-state index in [-0.39, 0.29) is 17.5 Å². The highest BCUT2D eigenvalue weighted by molar-refractivity contribution is 9.10. The lowest BCUT2D eigenvalue weighted by Crippen LogP contribution is -2.39. The normalized spacial score (nSPS) is 19.0. The molecular formula is C28H28BrNO3. The summed E-state index contributed by atoms with van der Waals surface area (Å²) in [6, 6.07) is 16.3. The van der Waals surface area contributed by atoms with E-state index in [4.69, 9.17) is 4.74 Å². The third-order valence-electron chi connectivity index (χ3n) is 6.85. The zero-order chi connectivity index (χ0) is 22.9. The van der Waals surface area contributed by atoms with Crippen molar-refractivity contribution in [1.82, 2.24) is 4.90 Å². The summed E-state index contributed by atoms with van der Waals surface area (Å²) >= 11 is 3.61. The molecule has 2 aromatic rings. The molecule has 0 radical (unpaired) electrons. The second-order valence-corrected chi connectivity index (χ2v) is 9.81. The smallest absolute Gasteiger partial charge is 0.161 e. The van der Waals surface area contributed by atoms with Gasteiger partial charge in [0.25, 0.3) is 0 Å². The van der Waals surface area contributed by atoms with E-state index in [0.717, 1.165) is 64.0 Å². The van der Waals surface area contributed by atoms with Gasteiger partial charge in [0.2, 0.25) is 0 Å². The highest BCUT2D eigenvalue weighted by Gasteiger charge is 2.44. The van der Waals surface area contributed by atoms with Crippen LogP contribution < -0.4 is 4.74 Å². The van der Waals surface area contributed by atoms with Crippen LogP contribution in [0.3, 0.4) is 0 Å². The van der Waals surface area contributed by atoms with Crippen molar-refractivity contribution in [3.63, 3.8) is 0 Å². The van der Waals surface area contributed by atoms with Crippen LogP contribution in [0.25, 0.3) is 0 Å². The summed E-state index contributed by atoms with van der Waals surface area (Å²) < 4.78 is 6.92. The van der Waals surface area contributed by atoms with Gasteiger partial charge in [0, 0.05) is 57.9 Å². The molecule has 4 nitrogen and oxygen atoms in total. The number of benzene rings is 2. The number of rotatable bonds is 5. The van der Waals surface area contributed by atoms with Gasteiger partial charge >= 0.3 is 0 Å². The Bertz CT molecular complexity index is 1120. The van der Waals surface area contributed by atoms with Crippen molar-refractivity contribution < 1.29 is 14.3 Å². The van der Waals surface area contributed by atoms with Crippen LogP contribution in [0, 0.1) is 0 Å². The van der Waals surface area contributed by atoms with E-state index in [1.807, 2.05) is 43.3 Å². The maximum Gasteiger partial charge on any atom is 0.161 e. The highest BCUT2D eigenvalue weighted by Crippen LogP contribution is 2.51. The minimum absolute atomic E-state index is 0.159. The zero-order valence-corrected chi connectivity index (χ0v) is 20.5. The predicted molar refractivity (Wildman–Crippen MR) is 132 cm³/mol. The van der Waals surface area contributed by atoms with Crippen LogP contribution in [-0.4, -0.2) is 23.1 Å². The number of ketones is 2. The van der Waals surface area contributed by atoms with Crippen LogP contribution in [0.4, 0.5) is 0 Å². The molecule has 0 unspecified atom stereocenters. The molecule has 2 aromatic carbocycles. The van der Waals surface area contributed by atoms with Gasteiger partial charge in [0.15, 0.2) is 11.6 Å². The Hall–Kier alpha value is -2.66. The average Bonchev–Trinajstić information content (AvgIpc) is 2.82. The first-order chi connectivity index (χ1) is 16.1. The fourth-order valence-corrected chi connectivity index (χ4v) is 5.89. The van der Waals surface area contributed by atoms with Crippen LogP contribution in [0.5, 0.6) is 5.75 Å². The van der Waals surface area contributed by atoms with E-state index in [1.54, 1.807) is 0 Å². The van der Waals surface area contributed by atoms with Crippen LogP contribution in [0.15, 0.2) is 75.5 Å². The second kappa shape index (κ2) is 9.30. The summed E-state index contributed by atoms with van der Waals surface area (Å²) in [6.45, 7) is 3.17. The Kier molecular flexibility index (Phi) is 6.24. The number of carbonyl (C=O) groups excluding carboxylic acids is 2. The maximum absolute atomic E-state index is 13.5. The lowest BCUT2D eigenvalue weighted by molar-refractivity contribution is -0.117. The predicted octanol–water partition coefficient (Wildman–Crippen LogP) is 6.46. The van der Waals surface area contributed by atoms with Crippen LogP contribution in [0.1, 0.15) is 62.5 Å². The topological polar surface area (TPSA) is 46.6 Å². The van der Waals surface area contributed by atoms with Crippen molar-refractivity contribution in [2.45, 2.75) is 57.9 Å². The third kappa shape index (κ3) is 4.08. The largest absolute Gasteiger partial charge is 0.494 e.